The van der Waals surface area contributed by atoms with Gasteiger partial charge in [-0.3, -0.25) is 0 Å². The van der Waals surface area contributed by atoms with Crippen molar-refractivity contribution in [1.29, 1.82) is 0 Å². The van der Waals surface area contributed by atoms with Crippen LogP contribution in [0.4, 0.5) is 5.69 Å². The SMILES string of the molecule is Cc1ccc(COC(=O)c2cc(S(=O)(=O)N3CCCCC3)ccc2N2CCOCC2)cc1. The van der Waals surface area contributed by atoms with E-state index in [0.717, 1.165) is 30.4 Å². The van der Waals surface area contributed by atoms with E-state index in [1.165, 1.54) is 10.4 Å². The number of rotatable bonds is 6. The van der Waals surface area contributed by atoms with E-state index < -0.39 is 16.0 Å². The third-order valence-corrected chi connectivity index (χ3v) is 7.88. The van der Waals surface area contributed by atoms with Gasteiger partial charge in [-0.15, -0.1) is 0 Å². The van der Waals surface area contributed by atoms with Gasteiger partial charge in [-0.05, 0) is 43.5 Å². The number of sulfonamides is 1. The van der Waals surface area contributed by atoms with E-state index in [9.17, 15) is 13.2 Å². The topological polar surface area (TPSA) is 76.2 Å². The second kappa shape index (κ2) is 10.0. The Balaban J connectivity index is 1.62. The minimum Gasteiger partial charge on any atom is -0.457 e. The van der Waals surface area contributed by atoms with Crippen LogP contribution < -0.4 is 4.90 Å². The zero-order chi connectivity index (χ0) is 22.6. The molecule has 2 fully saturated rings. The van der Waals surface area contributed by atoms with E-state index in [2.05, 4.69) is 0 Å². The molecule has 0 radical (unpaired) electrons. The number of esters is 1. The lowest BCUT2D eigenvalue weighted by Gasteiger charge is -2.31. The van der Waals surface area contributed by atoms with Gasteiger partial charge in [-0.2, -0.15) is 4.31 Å². The number of hydrogen-bond acceptors (Lipinski definition) is 6. The molecule has 0 spiro atoms. The van der Waals surface area contributed by atoms with Gasteiger partial charge in [0, 0.05) is 26.2 Å². The summed E-state index contributed by atoms with van der Waals surface area (Å²) >= 11 is 0. The second-order valence-corrected chi connectivity index (χ2v) is 10.2. The molecule has 32 heavy (non-hydrogen) atoms. The number of anilines is 1. The zero-order valence-electron chi connectivity index (χ0n) is 18.5. The van der Waals surface area contributed by atoms with Gasteiger partial charge in [-0.1, -0.05) is 36.2 Å². The minimum absolute atomic E-state index is 0.130. The fraction of sp³-hybridized carbons (Fsp3) is 0.458. The van der Waals surface area contributed by atoms with Gasteiger partial charge >= 0.3 is 5.97 Å². The summed E-state index contributed by atoms with van der Waals surface area (Å²) in [5, 5.41) is 0. The van der Waals surface area contributed by atoms with E-state index in [4.69, 9.17) is 9.47 Å². The fourth-order valence-electron chi connectivity index (χ4n) is 4.08. The van der Waals surface area contributed by atoms with Crippen LogP contribution in [0, 0.1) is 6.92 Å². The van der Waals surface area contributed by atoms with Crippen LogP contribution in [0.1, 0.15) is 40.7 Å². The molecule has 0 atom stereocenters. The van der Waals surface area contributed by atoms with Gasteiger partial charge in [0.25, 0.3) is 0 Å². The molecule has 0 unspecified atom stereocenters. The van der Waals surface area contributed by atoms with E-state index in [-0.39, 0.29) is 17.1 Å². The first-order valence-corrected chi connectivity index (χ1v) is 12.6. The smallest absolute Gasteiger partial charge is 0.340 e. The lowest BCUT2D eigenvalue weighted by Crippen LogP contribution is -2.38. The third-order valence-electron chi connectivity index (χ3n) is 5.98. The fourth-order valence-corrected chi connectivity index (χ4v) is 5.63. The number of aryl methyl sites for hydroxylation is 1. The van der Waals surface area contributed by atoms with Gasteiger partial charge in [0.2, 0.25) is 10.0 Å². The third kappa shape index (κ3) is 5.14. The summed E-state index contributed by atoms with van der Waals surface area (Å²) < 4.78 is 38.9. The van der Waals surface area contributed by atoms with Gasteiger partial charge in [0.1, 0.15) is 6.61 Å². The van der Waals surface area contributed by atoms with E-state index in [1.54, 1.807) is 12.1 Å². The Kier molecular flexibility index (Phi) is 7.13. The molecule has 2 aliphatic heterocycles. The first-order chi connectivity index (χ1) is 15.4. The van der Waals surface area contributed by atoms with Crippen molar-refractivity contribution in [1.82, 2.24) is 4.31 Å². The molecule has 8 heteroatoms. The van der Waals surface area contributed by atoms with Gasteiger partial charge in [-0.25, -0.2) is 13.2 Å². The molecule has 0 bridgehead atoms. The first-order valence-electron chi connectivity index (χ1n) is 11.1. The van der Waals surface area contributed by atoms with Crippen molar-refractivity contribution < 1.29 is 22.7 Å². The van der Waals surface area contributed by atoms with E-state index in [1.807, 2.05) is 36.1 Å². The molecule has 4 rings (SSSR count). The summed E-state index contributed by atoms with van der Waals surface area (Å²) in [6.07, 6.45) is 2.76. The number of hydrogen-bond donors (Lipinski definition) is 0. The van der Waals surface area contributed by atoms with Crippen LogP contribution in [0.25, 0.3) is 0 Å². The lowest BCUT2D eigenvalue weighted by atomic mass is 10.1. The highest BCUT2D eigenvalue weighted by molar-refractivity contribution is 7.89. The number of benzene rings is 2. The Labute approximate surface area is 190 Å². The van der Waals surface area contributed by atoms with Gasteiger partial charge in [0.05, 0.1) is 29.4 Å². The normalized spacial score (nSPS) is 17.8. The number of carbonyl (C=O) groups excluding carboxylic acids is 1. The van der Waals surface area contributed by atoms with Crippen molar-refractivity contribution >= 4 is 21.7 Å². The molecule has 172 valence electrons. The predicted octanol–water partition coefficient (Wildman–Crippen LogP) is 3.36. The number of ether oxygens (including phenoxy) is 2. The van der Waals surface area contributed by atoms with Crippen LogP contribution in [0.15, 0.2) is 47.4 Å². The first kappa shape index (κ1) is 22.8. The van der Waals surface area contributed by atoms with Crippen molar-refractivity contribution in [3.8, 4) is 0 Å². The lowest BCUT2D eigenvalue weighted by molar-refractivity contribution is 0.0472. The maximum Gasteiger partial charge on any atom is 0.340 e. The van der Waals surface area contributed by atoms with Crippen LogP contribution in [-0.4, -0.2) is 58.1 Å². The number of nitrogens with zero attached hydrogens (tertiary/aromatic N) is 2. The summed E-state index contributed by atoms with van der Waals surface area (Å²) in [7, 11) is -3.66. The molecule has 2 aromatic rings. The molecule has 0 aromatic heterocycles. The highest BCUT2D eigenvalue weighted by Gasteiger charge is 2.29. The van der Waals surface area contributed by atoms with Crippen LogP contribution in [0.5, 0.6) is 0 Å². The molecular formula is C24H30N2O5S. The Morgan fingerprint density at radius 1 is 0.969 bits per heavy atom. The summed E-state index contributed by atoms with van der Waals surface area (Å²) in [6, 6.07) is 12.6. The Morgan fingerprint density at radius 3 is 2.34 bits per heavy atom. The zero-order valence-corrected chi connectivity index (χ0v) is 19.3. The molecule has 0 aliphatic carbocycles. The quantitative estimate of drug-likeness (QED) is 0.618. The van der Waals surface area contributed by atoms with Gasteiger partial charge < -0.3 is 14.4 Å². The average molecular weight is 459 g/mol. The van der Waals surface area contributed by atoms with Crippen molar-refractivity contribution in [3.63, 3.8) is 0 Å². The maximum absolute atomic E-state index is 13.2. The van der Waals surface area contributed by atoms with Crippen LogP contribution in [-0.2, 0) is 26.1 Å². The Hall–Kier alpha value is -2.42. The van der Waals surface area contributed by atoms with Crippen LogP contribution in [0.3, 0.4) is 0 Å². The van der Waals surface area contributed by atoms with Crippen molar-refractivity contribution in [3.05, 3.63) is 59.2 Å². The van der Waals surface area contributed by atoms with E-state index >= 15 is 0 Å². The molecule has 0 saturated carbocycles. The summed E-state index contributed by atoms with van der Waals surface area (Å²) in [5.41, 5.74) is 2.97. The summed E-state index contributed by atoms with van der Waals surface area (Å²) in [5.74, 6) is -0.525. The van der Waals surface area contributed by atoms with Crippen LogP contribution >= 0.6 is 0 Å². The van der Waals surface area contributed by atoms with Gasteiger partial charge in [0.15, 0.2) is 0 Å². The molecule has 0 amide bonds. The number of morpholine rings is 1. The molecule has 2 saturated heterocycles. The molecular weight excluding hydrogens is 428 g/mol. The second-order valence-electron chi connectivity index (χ2n) is 8.30. The standard InChI is InChI=1S/C24H30N2O5S/c1-19-5-7-20(8-6-19)18-31-24(27)22-17-21(32(28,29)26-11-3-2-4-12-26)9-10-23(22)25-13-15-30-16-14-25/h5-10,17H,2-4,11-16,18H2,1H3. The molecule has 7 nitrogen and oxygen atoms in total. The highest BCUT2D eigenvalue weighted by Crippen LogP contribution is 2.29. The summed E-state index contributed by atoms with van der Waals surface area (Å²) in [4.78, 5) is 15.3. The van der Waals surface area contributed by atoms with Crippen LogP contribution in [0.2, 0.25) is 0 Å². The maximum atomic E-state index is 13.2. The van der Waals surface area contributed by atoms with E-state index in [0.29, 0.717) is 45.1 Å². The van der Waals surface area contributed by atoms with Crippen molar-refractivity contribution in [2.45, 2.75) is 37.7 Å². The number of carbonyl (C=O) groups is 1. The number of piperidine rings is 1. The predicted molar refractivity (Wildman–Crippen MR) is 122 cm³/mol. The summed E-state index contributed by atoms with van der Waals surface area (Å²) in [6.45, 7) is 5.55. The van der Waals surface area contributed by atoms with Crippen molar-refractivity contribution in [2.24, 2.45) is 0 Å². The Bertz CT molecular complexity index is 1040. The molecule has 2 heterocycles. The molecule has 0 N–H and O–H groups in total. The largest absolute Gasteiger partial charge is 0.457 e. The van der Waals surface area contributed by atoms with Crippen molar-refractivity contribution in [2.75, 3.05) is 44.3 Å². The molecule has 2 aliphatic rings. The molecule has 2 aromatic carbocycles. The average Bonchev–Trinajstić information content (AvgIpc) is 2.84. The minimum atomic E-state index is -3.66. The highest BCUT2D eigenvalue weighted by atomic mass is 32.2. The Morgan fingerprint density at radius 2 is 1.66 bits per heavy atom. The monoisotopic (exact) mass is 458 g/mol.